The number of nitrogens with one attached hydrogen (secondary N) is 1. The number of nitrogens with zero attached hydrogens (tertiary/aromatic N) is 5. The van der Waals surface area contributed by atoms with Gasteiger partial charge in [-0.15, -0.1) is 10.2 Å². The summed E-state index contributed by atoms with van der Waals surface area (Å²) in [4.78, 5) is -0.590. The van der Waals surface area contributed by atoms with Crippen LogP contribution in [0, 0.1) is 6.92 Å². The van der Waals surface area contributed by atoms with Crippen LogP contribution in [0.25, 0.3) is 10.8 Å². The fourth-order valence-electron chi connectivity index (χ4n) is 5.03. The second-order valence-corrected chi connectivity index (χ2v) is 14.0. The van der Waals surface area contributed by atoms with Crippen LogP contribution < -0.4 is 39.6 Å². The van der Waals surface area contributed by atoms with Crippen LogP contribution in [0.15, 0.2) is 121 Å². The minimum absolute atomic E-state index is 0. The normalized spacial score (nSPS) is 12.1. The third kappa shape index (κ3) is 8.55. The van der Waals surface area contributed by atoms with E-state index in [2.05, 4.69) is 25.8 Å². The molecule has 0 aromatic heterocycles. The van der Waals surface area contributed by atoms with Gasteiger partial charge in [0.2, 0.25) is 10.0 Å². The minimum atomic E-state index is -5.08. The van der Waals surface area contributed by atoms with Gasteiger partial charge in [-0.3, -0.25) is 0 Å². The molecule has 2 N–H and O–H groups in total. The number of hydrogen-bond acceptors (Lipinski definition) is 12. The van der Waals surface area contributed by atoms with Crippen LogP contribution in [-0.4, -0.2) is 51.0 Å². The number of aryl methyl sites for hydroxylation is 1. The molecule has 0 spiro atoms. The van der Waals surface area contributed by atoms with E-state index in [1.54, 1.807) is 63.2 Å². The number of para-hydroxylation sites is 1. The van der Waals surface area contributed by atoms with Crippen molar-refractivity contribution in [3.05, 3.63) is 96.6 Å². The molecular weight excluding hydrogens is 692 g/mol. The molecule has 254 valence electrons. The summed E-state index contributed by atoms with van der Waals surface area (Å²) >= 11 is 0. The van der Waals surface area contributed by atoms with Crippen molar-refractivity contribution in [3.63, 3.8) is 0 Å². The summed E-state index contributed by atoms with van der Waals surface area (Å²) < 4.78 is 69.3. The largest absolute Gasteiger partial charge is 1.00 e. The third-order valence-electron chi connectivity index (χ3n) is 7.59. The summed E-state index contributed by atoms with van der Waals surface area (Å²) in [6.07, 6.45) is 0. The maximum absolute atomic E-state index is 12.8. The molecule has 0 aliphatic rings. The summed E-state index contributed by atoms with van der Waals surface area (Å²) in [5, 5.41) is 31.5. The molecule has 0 radical (unpaired) electrons. The summed E-state index contributed by atoms with van der Waals surface area (Å²) in [7, 11) is -7.31. The molecule has 5 rings (SSSR count). The molecule has 0 aliphatic heterocycles. The van der Waals surface area contributed by atoms with Gasteiger partial charge in [-0.25, -0.2) is 16.8 Å². The number of benzene rings is 5. The Labute approximate surface area is 312 Å². The van der Waals surface area contributed by atoms with Gasteiger partial charge in [-0.05, 0) is 84.6 Å². The zero-order valence-electron chi connectivity index (χ0n) is 28.0. The predicted octanol–water partition coefficient (Wildman–Crippen LogP) is 5.38. The van der Waals surface area contributed by atoms with Crippen molar-refractivity contribution in [1.29, 1.82) is 0 Å². The molecule has 0 saturated carbocycles. The van der Waals surface area contributed by atoms with Crippen LogP contribution in [0.2, 0.25) is 0 Å². The smallest absolute Gasteiger partial charge is 0.744 e. The van der Waals surface area contributed by atoms with Crippen molar-refractivity contribution in [2.45, 2.75) is 30.6 Å². The van der Waals surface area contributed by atoms with Crippen LogP contribution in [0.1, 0.15) is 19.4 Å². The van der Waals surface area contributed by atoms with Crippen molar-refractivity contribution in [2.24, 2.45) is 20.5 Å². The van der Waals surface area contributed by atoms with E-state index in [0.29, 0.717) is 41.1 Å². The SMILES string of the molecule is CCN(CC)S(=O)(=O)c1ccc(N=Nc2cc(OC)c(N=Nc3c(S(=O)(=O)[O-])cc4cc(Nc5ccccc5)ccc4c3O)cc2C)cc1.[Na+]. The Morgan fingerprint density at radius 1 is 0.800 bits per heavy atom. The van der Waals surface area contributed by atoms with E-state index in [1.807, 2.05) is 30.3 Å². The molecule has 0 aliphatic carbocycles. The maximum atomic E-state index is 12.8. The first-order valence-corrected chi connectivity index (χ1v) is 17.9. The average Bonchev–Trinajstić information content (AvgIpc) is 3.08. The number of methoxy groups -OCH3 is 1. The Morgan fingerprint density at radius 2 is 1.46 bits per heavy atom. The summed E-state index contributed by atoms with van der Waals surface area (Å²) in [6, 6.07) is 24.5. The monoisotopic (exact) mass is 724 g/mol. The number of azo groups is 2. The van der Waals surface area contributed by atoms with Crippen LogP contribution >= 0.6 is 0 Å². The number of phenols is 1. The quantitative estimate of drug-likeness (QED) is 0.0976. The number of sulfonamides is 1. The van der Waals surface area contributed by atoms with Crippen LogP contribution in [0.3, 0.4) is 0 Å². The fraction of sp³-hybridized carbons (Fsp3) is 0.176. The number of aromatic hydroxyl groups is 1. The van der Waals surface area contributed by atoms with Crippen molar-refractivity contribution in [2.75, 3.05) is 25.5 Å². The van der Waals surface area contributed by atoms with E-state index >= 15 is 0 Å². The standard InChI is InChI=1S/C34H34N6O7S2.Na/c1-5-40(6-2)48(42,43)27-15-12-25(13-16-27)36-37-29-21-31(47-4)30(18-22(29)3)38-39-33-32(49(44,45)46)20-23-19-26(14-17-28(23)34(33)41)35-24-10-8-7-9-11-24;/h7-21,35,41H,5-6H2,1-4H3,(H,44,45,46);/q;+1/p-1. The molecule has 0 amide bonds. The maximum Gasteiger partial charge on any atom is 1.00 e. The topological polar surface area (TPSA) is 186 Å². The van der Waals surface area contributed by atoms with Crippen LogP contribution in [0.4, 0.5) is 34.1 Å². The predicted molar refractivity (Wildman–Crippen MR) is 186 cm³/mol. The second-order valence-electron chi connectivity index (χ2n) is 10.7. The van der Waals surface area contributed by atoms with Gasteiger partial charge in [-0.2, -0.15) is 14.5 Å². The number of anilines is 2. The first kappa shape index (κ1) is 38.6. The summed E-state index contributed by atoms with van der Waals surface area (Å²) in [5.74, 6) is -0.327. The van der Waals surface area contributed by atoms with Gasteiger partial charge in [0.15, 0.2) is 5.75 Å². The van der Waals surface area contributed by atoms with E-state index in [9.17, 15) is 26.5 Å². The Morgan fingerprint density at radius 3 is 2.08 bits per heavy atom. The van der Waals surface area contributed by atoms with Crippen molar-refractivity contribution >= 4 is 65.0 Å². The van der Waals surface area contributed by atoms with Gasteiger partial charge in [-0.1, -0.05) is 32.0 Å². The number of ether oxygens (including phenoxy) is 1. The Balaban J connectivity index is 0.00000562. The van der Waals surface area contributed by atoms with Crippen molar-refractivity contribution in [1.82, 2.24) is 4.31 Å². The molecule has 13 nitrogen and oxygen atoms in total. The van der Waals surface area contributed by atoms with Gasteiger partial charge < -0.3 is 19.7 Å². The van der Waals surface area contributed by atoms with Crippen LogP contribution in [-0.2, 0) is 20.1 Å². The molecule has 16 heteroatoms. The van der Waals surface area contributed by atoms with Crippen molar-refractivity contribution < 1.29 is 60.8 Å². The van der Waals surface area contributed by atoms with E-state index < -0.39 is 36.5 Å². The zero-order chi connectivity index (χ0) is 35.3. The number of rotatable bonds is 12. The molecule has 5 aromatic carbocycles. The number of phenolic OH excluding ortho intramolecular Hbond substituents is 1. The van der Waals surface area contributed by atoms with E-state index in [1.165, 1.54) is 23.5 Å². The number of hydrogen-bond donors (Lipinski definition) is 2. The molecular formula is C34H33N6NaO7S2. The zero-order valence-corrected chi connectivity index (χ0v) is 31.7. The number of fused-ring (bicyclic) bond motifs is 1. The molecule has 0 atom stereocenters. The Hall–Kier alpha value is -4.22. The fourth-order valence-corrected chi connectivity index (χ4v) is 7.13. The van der Waals surface area contributed by atoms with Gasteiger partial charge in [0.05, 0.1) is 28.3 Å². The first-order valence-electron chi connectivity index (χ1n) is 15.1. The van der Waals surface area contributed by atoms with Gasteiger partial charge >= 0.3 is 29.6 Å². The molecule has 50 heavy (non-hydrogen) atoms. The van der Waals surface area contributed by atoms with Gasteiger partial charge in [0, 0.05) is 35.9 Å². The van der Waals surface area contributed by atoms with Crippen LogP contribution in [0.5, 0.6) is 11.5 Å². The Kier molecular flexibility index (Phi) is 12.5. The van der Waals surface area contributed by atoms with E-state index in [0.717, 1.165) is 11.8 Å². The molecule has 0 fully saturated rings. The summed E-state index contributed by atoms with van der Waals surface area (Å²) in [6.45, 7) is 5.99. The molecule has 0 heterocycles. The van der Waals surface area contributed by atoms with Gasteiger partial charge in [0.25, 0.3) is 0 Å². The average molecular weight is 725 g/mol. The molecule has 5 aromatic rings. The van der Waals surface area contributed by atoms with E-state index in [-0.39, 0.29) is 51.3 Å². The van der Waals surface area contributed by atoms with E-state index in [4.69, 9.17) is 4.74 Å². The third-order valence-corrected chi connectivity index (χ3v) is 10.5. The molecule has 0 bridgehead atoms. The second kappa shape index (κ2) is 16.2. The molecule has 0 unspecified atom stereocenters. The first-order chi connectivity index (χ1) is 23.3. The van der Waals surface area contributed by atoms with Crippen molar-refractivity contribution in [3.8, 4) is 11.5 Å². The summed E-state index contributed by atoms with van der Waals surface area (Å²) in [5.41, 5.74) is 2.48. The molecule has 0 saturated heterocycles. The Bertz CT molecular complexity index is 2280. The minimum Gasteiger partial charge on any atom is -0.744 e. The van der Waals surface area contributed by atoms with Gasteiger partial charge in [0.1, 0.15) is 27.2 Å².